The Balaban J connectivity index is 1.96. The number of nitrogens with two attached hydrogens (primary N) is 1. The van der Waals surface area contributed by atoms with Crippen molar-refractivity contribution in [3.05, 3.63) is 65.3 Å². The van der Waals surface area contributed by atoms with Crippen LogP contribution in [-0.4, -0.2) is 66.3 Å². The van der Waals surface area contributed by atoms with Crippen molar-refractivity contribution in [1.82, 2.24) is 9.80 Å². The Hall–Kier alpha value is -3.59. The first kappa shape index (κ1) is 21.1. The number of aliphatic hydroxyl groups excluding tert-OH is 1. The highest BCUT2D eigenvalue weighted by molar-refractivity contribution is 6.15. The number of likely N-dealkylation sites (N-methyl/N-ethyl adjacent to an activating group) is 1. The van der Waals surface area contributed by atoms with E-state index in [4.69, 9.17) is 14.9 Å². The van der Waals surface area contributed by atoms with E-state index in [1.54, 1.807) is 30.3 Å². The number of Topliss-reactive ketones (excluding diaryl/α,β-unsaturated/α-hetero) is 1. The molecule has 30 heavy (non-hydrogen) atoms. The maximum absolute atomic E-state index is 13.0. The molecule has 0 aliphatic carbocycles. The summed E-state index contributed by atoms with van der Waals surface area (Å²) in [5.74, 6) is -1.93. The Morgan fingerprint density at radius 1 is 1.23 bits per heavy atom. The van der Waals surface area contributed by atoms with Gasteiger partial charge in [-0.1, -0.05) is 12.1 Å². The predicted molar refractivity (Wildman–Crippen MR) is 107 cm³/mol. The molecule has 2 aromatic rings. The number of amides is 2. The number of carbonyl (C=O) groups excluding carboxylic acids is 3. The van der Waals surface area contributed by atoms with Crippen LogP contribution in [0.1, 0.15) is 22.2 Å². The first-order valence-electron chi connectivity index (χ1n) is 9.27. The fourth-order valence-electron chi connectivity index (χ4n) is 3.21. The fourth-order valence-corrected chi connectivity index (χ4v) is 3.21. The first-order valence-corrected chi connectivity index (χ1v) is 9.27. The third-order valence-electron chi connectivity index (χ3n) is 4.66. The molecule has 9 nitrogen and oxygen atoms in total. The first-order chi connectivity index (χ1) is 14.3. The van der Waals surface area contributed by atoms with E-state index in [1.807, 2.05) is 19.0 Å². The van der Waals surface area contributed by atoms with Crippen LogP contribution in [0.15, 0.2) is 58.4 Å². The molecule has 1 atom stereocenters. The lowest BCUT2D eigenvalue weighted by molar-refractivity contribution is -0.129. The zero-order valence-electron chi connectivity index (χ0n) is 16.7. The maximum Gasteiger partial charge on any atom is 0.290 e. The molecule has 1 unspecified atom stereocenters. The molecule has 0 bridgehead atoms. The molecule has 0 saturated heterocycles. The van der Waals surface area contributed by atoms with E-state index in [0.717, 1.165) is 0 Å². The van der Waals surface area contributed by atoms with E-state index >= 15 is 0 Å². The van der Waals surface area contributed by atoms with Gasteiger partial charge in [0, 0.05) is 13.1 Å². The van der Waals surface area contributed by atoms with Crippen molar-refractivity contribution in [2.24, 2.45) is 5.73 Å². The SMILES string of the molecule is CN(C)CCN1C(=O)C(O)=C(C(=O)c2ccco2)C1c1ccc(OCC(N)=O)cc1. The van der Waals surface area contributed by atoms with Crippen molar-refractivity contribution in [2.45, 2.75) is 6.04 Å². The van der Waals surface area contributed by atoms with E-state index < -0.39 is 29.4 Å². The largest absolute Gasteiger partial charge is 0.503 e. The van der Waals surface area contributed by atoms with Crippen molar-refractivity contribution in [2.75, 3.05) is 33.8 Å². The third-order valence-corrected chi connectivity index (χ3v) is 4.66. The smallest absolute Gasteiger partial charge is 0.290 e. The molecule has 0 fully saturated rings. The van der Waals surface area contributed by atoms with Gasteiger partial charge in [-0.25, -0.2) is 0 Å². The summed E-state index contributed by atoms with van der Waals surface area (Å²) >= 11 is 0. The van der Waals surface area contributed by atoms with Gasteiger partial charge in [-0.2, -0.15) is 0 Å². The molecule has 1 aliphatic rings. The lowest BCUT2D eigenvalue weighted by Crippen LogP contribution is -2.36. The van der Waals surface area contributed by atoms with Gasteiger partial charge < -0.3 is 29.8 Å². The standard InChI is InChI=1S/C21H23N3O6/c1-23(2)9-10-24-18(13-5-7-14(8-6-13)30-12-16(22)25)17(20(27)21(24)28)19(26)15-4-3-11-29-15/h3-8,11,18,27H,9-10,12H2,1-2H3,(H2,22,25). The van der Waals surface area contributed by atoms with Crippen LogP contribution in [-0.2, 0) is 9.59 Å². The number of ketones is 1. The van der Waals surface area contributed by atoms with Crippen LogP contribution in [0.25, 0.3) is 0 Å². The predicted octanol–water partition coefficient (Wildman–Crippen LogP) is 1.28. The van der Waals surface area contributed by atoms with Gasteiger partial charge in [-0.15, -0.1) is 0 Å². The topological polar surface area (TPSA) is 126 Å². The minimum absolute atomic E-state index is 0.0326. The van der Waals surface area contributed by atoms with Crippen LogP contribution in [0, 0.1) is 0 Å². The molecular formula is C21H23N3O6. The summed E-state index contributed by atoms with van der Waals surface area (Å²) in [6.07, 6.45) is 1.35. The normalized spacial score (nSPS) is 16.4. The molecule has 1 aromatic heterocycles. The zero-order chi connectivity index (χ0) is 21.8. The molecule has 2 amide bonds. The molecule has 9 heteroatoms. The number of rotatable bonds is 9. The van der Waals surface area contributed by atoms with Gasteiger partial charge in [-0.3, -0.25) is 14.4 Å². The minimum atomic E-state index is -0.791. The number of furan rings is 1. The minimum Gasteiger partial charge on any atom is -0.503 e. The summed E-state index contributed by atoms with van der Waals surface area (Å²) in [6.45, 7) is 0.576. The lowest BCUT2D eigenvalue weighted by atomic mass is 9.95. The van der Waals surface area contributed by atoms with E-state index in [-0.39, 0.29) is 17.9 Å². The second-order valence-corrected chi connectivity index (χ2v) is 7.10. The fraction of sp³-hybridized carbons (Fsp3) is 0.286. The molecule has 3 N–H and O–H groups in total. The van der Waals surface area contributed by atoms with Gasteiger partial charge in [0.05, 0.1) is 17.9 Å². The molecule has 3 rings (SSSR count). The highest BCUT2D eigenvalue weighted by atomic mass is 16.5. The van der Waals surface area contributed by atoms with Crippen LogP contribution < -0.4 is 10.5 Å². The monoisotopic (exact) mass is 413 g/mol. The quantitative estimate of drug-likeness (QED) is 0.593. The van der Waals surface area contributed by atoms with Crippen molar-refractivity contribution >= 4 is 17.6 Å². The highest BCUT2D eigenvalue weighted by Crippen LogP contribution is 2.39. The lowest BCUT2D eigenvalue weighted by Gasteiger charge is -2.28. The third kappa shape index (κ3) is 4.36. The molecule has 0 spiro atoms. The van der Waals surface area contributed by atoms with E-state index in [1.165, 1.54) is 17.2 Å². The van der Waals surface area contributed by atoms with Gasteiger partial charge >= 0.3 is 0 Å². The second-order valence-electron chi connectivity index (χ2n) is 7.10. The maximum atomic E-state index is 13.0. The van der Waals surface area contributed by atoms with E-state index in [9.17, 15) is 19.5 Å². The summed E-state index contributed by atoms with van der Waals surface area (Å²) in [5, 5.41) is 10.5. The summed E-state index contributed by atoms with van der Waals surface area (Å²) in [7, 11) is 3.73. The van der Waals surface area contributed by atoms with Crippen molar-refractivity contribution < 1.29 is 28.6 Å². The summed E-state index contributed by atoms with van der Waals surface area (Å²) in [6, 6.07) is 8.81. The number of primary amides is 1. The number of hydrogen-bond acceptors (Lipinski definition) is 7. The Bertz CT molecular complexity index is 963. The average molecular weight is 413 g/mol. The Kier molecular flexibility index (Phi) is 6.22. The molecule has 2 heterocycles. The van der Waals surface area contributed by atoms with Crippen molar-refractivity contribution in [1.29, 1.82) is 0 Å². The van der Waals surface area contributed by atoms with Gasteiger partial charge in [0.2, 0.25) is 5.78 Å². The number of nitrogens with zero attached hydrogens (tertiary/aromatic N) is 2. The molecule has 158 valence electrons. The van der Waals surface area contributed by atoms with Crippen LogP contribution >= 0.6 is 0 Å². The molecule has 0 saturated carbocycles. The highest BCUT2D eigenvalue weighted by Gasteiger charge is 2.44. The van der Waals surface area contributed by atoms with Crippen LogP contribution in [0.4, 0.5) is 0 Å². The summed E-state index contributed by atoms with van der Waals surface area (Å²) < 4.78 is 10.4. The Morgan fingerprint density at radius 3 is 2.50 bits per heavy atom. The number of carbonyl (C=O) groups is 3. The van der Waals surface area contributed by atoms with Crippen LogP contribution in [0.2, 0.25) is 0 Å². The number of ether oxygens (including phenoxy) is 1. The number of hydrogen-bond donors (Lipinski definition) is 2. The van der Waals surface area contributed by atoms with Crippen LogP contribution in [0.5, 0.6) is 5.75 Å². The van der Waals surface area contributed by atoms with Crippen molar-refractivity contribution in [3.8, 4) is 5.75 Å². The van der Waals surface area contributed by atoms with Gasteiger partial charge in [-0.05, 0) is 43.9 Å². The second kappa shape index (κ2) is 8.83. The molecule has 1 aliphatic heterocycles. The number of benzene rings is 1. The average Bonchev–Trinajstić information content (AvgIpc) is 3.33. The Labute approximate surface area is 173 Å². The van der Waals surface area contributed by atoms with Crippen molar-refractivity contribution in [3.63, 3.8) is 0 Å². The van der Waals surface area contributed by atoms with Gasteiger partial charge in [0.1, 0.15) is 5.75 Å². The van der Waals surface area contributed by atoms with E-state index in [0.29, 0.717) is 24.4 Å². The summed E-state index contributed by atoms with van der Waals surface area (Å²) in [4.78, 5) is 40.0. The number of aliphatic hydroxyl groups is 1. The van der Waals surface area contributed by atoms with Crippen LogP contribution in [0.3, 0.4) is 0 Å². The molecule has 1 aromatic carbocycles. The Morgan fingerprint density at radius 2 is 1.93 bits per heavy atom. The zero-order valence-corrected chi connectivity index (χ0v) is 16.7. The molecular weight excluding hydrogens is 390 g/mol. The molecule has 0 radical (unpaired) electrons. The van der Waals surface area contributed by atoms with E-state index in [2.05, 4.69) is 0 Å². The van der Waals surface area contributed by atoms with Gasteiger partial charge in [0.25, 0.3) is 11.8 Å². The summed E-state index contributed by atoms with van der Waals surface area (Å²) in [5.41, 5.74) is 5.64. The van der Waals surface area contributed by atoms with Gasteiger partial charge in [0.15, 0.2) is 18.1 Å².